The first-order valence-corrected chi connectivity index (χ1v) is 11.4. The van der Waals surface area contributed by atoms with E-state index in [1.165, 1.54) is 25.6 Å². The van der Waals surface area contributed by atoms with E-state index in [9.17, 15) is 9.59 Å². The van der Waals surface area contributed by atoms with Crippen molar-refractivity contribution in [2.24, 2.45) is 11.1 Å². The second kappa shape index (κ2) is 10.6. The van der Waals surface area contributed by atoms with E-state index >= 15 is 0 Å². The fourth-order valence-corrected chi connectivity index (χ4v) is 3.93. The van der Waals surface area contributed by atoms with Crippen LogP contribution < -0.4 is 19.9 Å². The number of ether oxygens (including phenoxy) is 4. The molecule has 0 aliphatic rings. The zero-order valence-electron chi connectivity index (χ0n) is 19.8. The molecule has 0 aliphatic carbocycles. The van der Waals surface area contributed by atoms with Gasteiger partial charge < -0.3 is 24.7 Å². The number of amides is 1. The van der Waals surface area contributed by atoms with Crippen LogP contribution in [0.5, 0.6) is 17.2 Å². The molecule has 34 heavy (non-hydrogen) atoms. The number of thiazole rings is 1. The van der Waals surface area contributed by atoms with Crippen molar-refractivity contribution in [1.82, 2.24) is 4.98 Å². The van der Waals surface area contributed by atoms with Crippen LogP contribution in [0.15, 0.2) is 47.8 Å². The van der Waals surface area contributed by atoms with Crippen LogP contribution in [0.1, 0.15) is 36.8 Å². The fraction of sp³-hybridized carbons (Fsp3) is 0.320. The zero-order chi connectivity index (χ0) is 24.9. The van der Waals surface area contributed by atoms with E-state index in [2.05, 4.69) is 4.98 Å². The van der Waals surface area contributed by atoms with Crippen LogP contribution in [0.2, 0.25) is 0 Å². The van der Waals surface area contributed by atoms with Crippen molar-refractivity contribution >= 4 is 23.2 Å². The summed E-state index contributed by atoms with van der Waals surface area (Å²) in [6, 6.07) is 12.8. The molecule has 3 rings (SSSR count). The minimum absolute atomic E-state index is 0.0626. The monoisotopic (exact) mass is 484 g/mol. The average molecular weight is 485 g/mol. The van der Waals surface area contributed by atoms with Crippen molar-refractivity contribution in [1.29, 1.82) is 0 Å². The van der Waals surface area contributed by atoms with Gasteiger partial charge in [0.25, 0.3) is 0 Å². The molecule has 2 aromatic carbocycles. The third-order valence-electron chi connectivity index (χ3n) is 5.08. The highest BCUT2D eigenvalue weighted by Crippen LogP contribution is 2.41. The maximum absolute atomic E-state index is 13.2. The largest absolute Gasteiger partial charge is 0.493 e. The van der Waals surface area contributed by atoms with Gasteiger partial charge in [0.05, 0.1) is 14.2 Å². The number of primary amides is 1. The molecule has 1 amide bonds. The van der Waals surface area contributed by atoms with E-state index in [-0.39, 0.29) is 18.1 Å². The highest BCUT2D eigenvalue weighted by molar-refractivity contribution is 7.13. The lowest BCUT2D eigenvalue weighted by molar-refractivity contribution is 0.0209. The molecule has 1 aromatic heterocycles. The van der Waals surface area contributed by atoms with Crippen molar-refractivity contribution in [3.8, 4) is 27.8 Å². The SMILES string of the molecule is COc1cc(C(=O)c2csc(-c3ccccc3)n2)cc(OC)c1OC(COC(N)=O)C(C)(C)C. The molecule has 3 aromatic rings. The maximum Gasteiger partial charge on any atom is 0.404 e. The lowest BCUT2D eigenvalue weighted by Crippen LogP contribution is -2.38. The zero-order valence-corrected chi connectivity index (χ0v) is 20.6. The average Bonchev–Trinajstić information content (AvgIpc) is 3.31. The Morgan fingerprint density at radius 2 is 1.68 bits per heavy atom. The normalized spacial score (nSPS) is 12.0. The Balaban J connectivity index is 1.93. The molecule has 1 heterocycles. The molecule has 2 N–H and O–H groups in total. The standard InChI is InChI=1S/C25H28N2O6S/c1-25(2,3)20(13-32-24(26)29)33-22-18(30-4)11-16(12-19(22)31-5)21(28)17-14-34-23(27-17)15-9-7-6-8-10-15/h6-12,14,20H,13H2,1-5H3,(H2,26,29). The number of methoxy groups -OCH3 is 2. The number of hydrogen-bond donors (Lipinski definition) is 1. The molecular weight excluding hydrogens is 456 g/mol. The quantitative estimate of drug-likeness (QED) is 0.428. The molecule has 0 radical (unpaired) electrons. The minimum atomic E-state index is -0.893. The van der Waals surface area contributed by atoms with Crippen LogP contribution in [0.4, 0.5) is 4.79 Å². The Labute approximate surface area is 202 Å². The topological polar surface area (TPSA) is 110 Å². The van der Waals surface area contributed by atoms with Gasteiger partial charge in [-0.2, -0.15) is 0 Å². The summed E-state index contributed by atoms with van der Waals surface area (Å²) in [5.74, 6) is 0.618. The first-order chi connectivity index (χ1) is 16.1. The Morgan fingerprint density at radius 1 is 1.06 bits per heavy atom. The predicted molar refractivity (Wildman–Crippen MR) is 130 cm³/mol. The fourth-order valence-electron chi connectivity index (χ4n) is 3.13. The molecule has 1 atom stereocenters. The van der Waals surface area contributed by atoms with Crippen molar-refractivity contribution in [2.75, 3.05) is 20.8 Å². The van der Waals surface area contributed by atoms with E-state index in [0.717, 1.165) is 10.6 Å². The molecule has 180 valence electrons. The summed E-state index contributed by atoms with van der Waals surface area (Å²) in [5, 5.41) is 2.48. The molecule has 8 nitrogen and oxygen atoms in total. The van der Waals surface area contributed by atoms with Crippen LogP contribution in [0, 0.1) is 5.41 Å². The van der Waals surface area contributed by atoms with E-state index in [4.69, 9.17) is 24.7 Å². The molecule has 0 saturated carbocycles. The lowest BCUT2D eigenvalue weighted by Gasteiger charge is -2.31. The highest BCUT2D eigenvalue weighted by Gasteiger charge is 2.31. The van der Waals surface area contributed by atoms with Gasteiger partial charge in [-0.3, -0.25) is 4.79 Å². The van der Waals surface area contributed by atoms with Gasteiger partial charge in [0.1, 0.15) is 23.4 Å². The van der Waals surface area contributed by atoms with E-state index in [1.54, 1.807) is 17.5 Å². The lowest BCUT2D eigenvalue weighted by atomic mass is 9.89. The second-order valence-electron chi connectivity index (χ2n) is 8.55. The highest BCUT2D eigenvalue weighted by atomic mass is 32.1. The number of nitrogens with zero attached hydrogens (tertiary/aromatic N) is 1. The van der Waals surface area contributed by atoms with Gasteiger partial charge in [-0.05, 0) is 12.1 Å². The number of aromatic nitrogens is 1. The molecule has 1 unspecified atom stereocenters. The van der Waals surface area contributed by atoms with Crippen molar-refractivity contribution in [3.05, 3.63) is 59.1 Å². The number of carbonyl (C=O) groups excluding carboxylic acids is 2. The number of rotatable bonds is 9. The van der Waals surface area contributed by atoms with Gasteiger partial charge in [-0.15, -0.1) is 11.3 Å². The minimum Gasteiger partial charge on any atom is -0.493 e. The number of benzene rings is 2. The van der Waals surface area contributed by atoms with Crippen LogP contribution >= 0.6 is 11.3 Å². The van der Waals surface area contributed by atoms with Gasteiger partial charge in [0.15, 0.2) is 11.5 Å². The third kappa shape index (κ3) is 5.85. The first-order valence-electron chi connectivity index (χ1n) is 10.5. The number of nitrogens with two attached hydrogens (primary N) is 1. The Morgan fingerprint density at radius 3 is 2.21 bits per heavy atom. The second-order valence-corrected chi connectivity index (χ2v) is 9.40. The van der Waals surface area contributed by atoms with Crippen LogP contribution in [-0.2, 0) is 4.74 Å². The summed E-state index contributed by atoms with van der Waals surface area (Å²) in [7, 11) is 2.94. The maximum atomic E-state index is 13.2. The van der Waals surface area contributed by atoms with E-state index < -0.39 is 17.6 Å². The number of ketones is 1. The summed E-state index contributed by atoms with van der Waals surface area (Å²) < 4.78 is 22.2. The molecule has 0 fully saturated rings. The van der Waals surface area contributed by atoms with Gasteiger partial charge in [-0.25, -0.2) is 9.78 Å². The summed E-state index contributed by atoms with van der Waals surface area (Å²) >= 11 is 1.40. The first kappa shape index (κ1) is 25.0. The van der Waals surface area contributed by atoms with Crippen molar-refractivity contribution < 1.29 is 28.5 Å². The van der Waals surface area contributed by atoms with Crippen LogP contribution in [0.25, 0.3) is 10.6 Å². The molecule has 0 aliphatic heterocycles. The molecule has 0 saturated heterocycles. The summed E-state index contributed by atoms with van der Waals surface area (Å²) in [6.45, 7) is 5.75. The predicted octanol–water partition coefficient (Wildman–Crippen LogP) is 4.95. The molecule has 9 heteroatoms. The van der Waals surface area contributed by atoms with Crippen molar-refractivity contribution in [2.45, 2.75) is 26.9 Å². The van der Waals surface area contributed by atoms with Crippen LogP contribution in [0.3, 0.4) is 0 Å². The summed E-state index contributed by atoms with van der Waals surface area (Å²) in [4.78, 5) is 28.9. The molecule has 0 bridgehead atoms. The van der Waals surface area contributed by atoms with Gasteiger partial charge in [0.2, 0.25) is 11.5 Å². The summed E-state index contributed by atoms with van der Waals surface area (Å²) in [6.07, 6.45) is -1.45. The summed E-state index contributed by atoms with van der Waals surface area (Å²) in [5.41, 5.74) is 6.32. The Bertz CT molecular complexity index is 1130. The molecule has 0 spiro atoms. The Hall–Kier alpha value is -3.59. The van der Waals surface area contributed by atoms with Gasteiger partial charge in [0, 0.05) is 21.9 Å². The third-order valence-corrected chi connectivity index (χ3v) is 5.97. The van der Waals surface area contributed by atoms with Gasteiger partial charge >= 0.3 is 6.09 Å². The number of hydrogen-bond acceptors (Lipinski definition) is 8. The Kier molecular flexibility index (Phi) is 7.78. The van der Waals surface area contributed by atoms with E-state index in [1.807, 2.05) is 51.1 Å². The molecular formula is C25H28N2O6S. The number of carbonyl (C=O) groups is 2. The van der Waals surface area contributed by atoms with Crippen molar-refractivity contribution in [3.63, 3.8) is 0 Å². The smallest absolute Gasteiger partial charge is 0.404 e. The van der Waals surface area contributed by atoms with E-state index in [0.29, 0.717) is 22.8 Å². The van der Waals surface area contributed by atoms with Crippen LogP contribution in [-0.4, -0.2) is 43.8 Å². The van der Waals surface area contributed by atoms with Gasteiger partial charge in [-0.1, -0.05) is 51.1 Å².